The highest BCUT2D eigenvalue weighted by atomic mass is 35.5. The molecule has 108 valence electrons. The lowest BCUT2D eigenvalue weighted by atomic mass is 9.88. The maximum absolute atomic E-state index is 5.37. The lowest BCUT2D eigenvalue weighted by Crippen LogP contribution is -2.34. The maximum atomic E-state index is 5.37. The van der Waals surface area contributed by atoms with Gasteiger partial charge in [0.2, 0.25) is 0 Å². The number of nitrogens with one attached hydrogen (secondary N) is 1. The molecule has 1 aliphatic carbocycles. The van der Waals surface area contributed by atoms with Crippen molar-refractivity contribution in [2.75, 3.05) is 20.8 Å². The Morgan fingerprint density at radius 1 is 1.16 bits per heavy atom. The van der Waals surface area contributed by atoms with E-state index in [1.165, 1.54) is 24.0 Å². The Kier molecular flexibility index (Phi) is 6.46. The fraction of sp³-hybridized carbons (Fsp3) is 0.600. The van der Waals surface area contributed by atoms with Crippen LogP contribution in [0.4, 0.5) is 0 Å². The van der Waals surface area contributed by atoms with Gasteiger partial charge in [-0.3, -0.25) is 0 Å². The Balaban J connectivity index is 0.00000180. The van der Waals surface area contributed by atoms with E-state index in [1.54, 1.807) is 14.2 Å². The smallest absolute Gasteiger partial charge is 0.161 e. The van der Waals surface area contributed by atoms with Gasteiger partial charge in [0, 0.05) is 6.04 Å². The molecule has 1 N–H and O–H groups in total. The van der Waals surface area contributed by atoms with Gasteiger partial charge < -0.3 is 14.8 Å². The van der Waals surface area contributed by atoms with Crippen LogP contribution in [0.2, 0.25) is 0 Å². The Labute approximate surface area is 122 Å². The molecule has 0 saturated carbocycles. The summed E-state index contributed by atoms with van der Waals surface area (Å²) in [4.78, 5) is 0. The fourth-order valence-corrected chi connectivity index (χ4v) is 2.61. The molecule has 0 bridgehead atoms. The molecular weight excluding hydrogens is 262 g/mol. The third-order valence-corrected chi connectivity index (χ3v) is 3.62. The lowest BCUT2D eigenvalue weighted by Gasteiger charge is -2.26. The molecule has 0 amide bonds. The second-order valence-corrected chi connectivity index (χ2v) is 4.87. The zero-order valence-electron chi connectivity index (χ0n) is 12.0. The molecule has 0 aromatic heterocycles. The van der Waals surface area contributed by atoms with Crippen molar-refractivity contribution in [2.45, 2.75) is 38.6 Å². The number of hydrogen-bond acceptors (Lipinski definition) is 3. The molecule has 1 atom stereocenters. The molecule has 4 heteroatoms. The van der Waals surface area contributed by atoms with Gasteiger partial charge in [0.05, 0.1) is 14.2 Å². The summed E-state index contributed by atoms with van der Waals surface area (Å²) in [5.41, 5.74) is 2.80. The number of benzene rings is 1. The van der Waals surface area contributed by atoms with Crippen molar-refractivity contribution in [1.29, 1.82) is 0 Å². The van der Waals surface area contributed by atoms with Crippen LogP contribution in [-0.4, -0.2) is 26.8 Å². The van der Waals surface area contributed by atoms with E-state index < -0.39 is 0 Å². The molecule has 2 rings (SSSR count). The van der Waals surface area contributed by atoms with Crippen LogP contribution in [0.1, 0.15) is 30.9 Å². The van der Waals surface area contributed by atoms with Crippen LogP contribution in [0.25, 0.3) is 0 Å². The second-order valence-electron chi connectivity index (χ2n) is 4.87. The molecule has 0 radical (unpaired) electrons. The predicted octanol–water partition coefficient (Wildman–Crippen LogP) is 2.98. The van der Waals surface area contributed by atoms with Crippen molar-refractivity contribution in [3.05, 3.63) is 23.3 Å². The van der Waals surface area contributed by atoms with Crippen LogP contribution in [0, 0.1) is 0 Å². The quantitative estimate of drug-likeness (QED) is 0.902. The highest BCUT2D eigenvalue weighted by molar-refractivity contribution is 5.85. The third-order valence-electron chi connectivity index (χ3n) is 3.62. The topological polar surface area (TPSA) is 30.5 Å². The van der Waals surface area contributed by atoms with Crippen LogP contribution < -0.4 is 14.8 Å². The minimum atomic E-state index is 0. The average molecular weight is 286 g/mol. The Bertz CT molecular complexity index is 409. The van der Waals surface area contributed by atoms with Gasteiger partial charge in [-0.25, -0.2) is 0 Å². The molecule has 1 aromatic rings. The molecule has 1 aromatic carbocycles. The monoisotopic (exact) mass is 285 g/mol. The van der Waals surface area contributed by atoms with Gasteiger partial charge in [-0.2, -0.15) is 0 Å². The van der Waals surface area contributed by atoms with Crippen molar-refractivity contribution in [3.63, 3.8) is 0 Å². The number of ether oxygens (including phenoxy) is 2. The van der Waals surface area contributed by atoms with E-state index in [4.69, 9.17) is 9.47 Å². The van der Waals surface area contributed by atoms with Gasteiger partial charge in [-0.05, 0) is 55.5 Å². The van der Waals surface area contributed by atoms with Crippen molar-refractivity contribution in [1.82, 2.24) is 5.32 Å². The van der Waals surface area contributed by atoms with Gasteiger partial charge in [-0.15, -0.1) is 12.4 Å². The Hall–Kier alpha value is -0.930. The van der Waals surface area contributed by atoms with Gasteiger partial charge in [-0.1, -0.05) is 6.92 Å². The maximum Gasteiger partial charge on any atom is 0.161 e. The summed E-state index contributed by atoms with van der Waals surface area (Å²) in [5.74, 6) is 1.68. The van der Waals surface area contributed by atoms with E-state index in [0.29, 0.717) is 6.04 Å². The minimum absolute atomic E-state index is 0. The summed E-state index contributed by atoms with van der Waals surface area (Å²) in [7, 11) is 3.39. The molecular formula is C15H24ClNO2. The van der Waals surface area contributed by atoms with Gasteiger partial charge >= 0.3 is 0 Å². The van der Waals surface area contributed by atoms with Crippen LogP contribution in [0.15, 0.2) is 12.1 Å². The van der Waals surface area contributed by atoms with E-state index in [0.717, 1.165) is 30.9 Å². The van der Waals surface area contributed by atoms with E-state index in [2.05, 4.69) is 24.4 Å². The van der Waals surface area contributed by atoms with Crippen LogP contribution >= 0.6 is 12.4 Å². The summed E-state index contributed by atoms with van der Waals surface area (Å²) in [6.07, 6.45) is 4.62. The van der Waals surface area contributed by atoms with Crippen LogP contribution in [0.5, 0.6) is 11.5 Å². The molecule has 0 fully saturated rings. The zero-order chi connectivity index (χ0) is 13.0. The summed E-state index contributed by atoms with van der Waals surface area (Å²) in [6, 6.07) is 4.87. The minimum Gasteiger partial charge on any atom is -0.493 e. The third kappa shape index (κ3) is 3.77. The van der Waals surface area contributed by atoms with Crippen molar-refractivity contribution < 1.29 is 9.47 Å². The van der Waals surface area contributed by atoms with Gasteiger partial charge in [0.25, 0.3) is 0 Å². The SMILES string of the molecule is CCCN[C@@H]1CCc2cc(OC)c(OC)cc2C1.Cl. The second kappa shape index (κ2) is 7.61. The number of aryl methyl sites for hydroxylation is 1. The normalized spacial score (nSPS) is 17.3. The summed E-state index contributed by atoms with van der Waals surface area (Å²) < 4.78 is 10.7. The van der Waals surface area contributed by atoms with E-state index >= 15 is 0 Å². The molecule has 19 heavy (non-hydrogen) atoms. The van der Waals surface area contributed by atoms with Crippen molar-refractivity contribution in [2.24, 2.45) is 0 Å². The molecule has 0 heterocycles. The Morgan fingerprint density at radius 2 is 1.79 bits per heavy atom. The van der Waals surface area contributed by atoms with Crippen molar-refractivity contribution >= 4 is 12.4 Å². The van der Waals surface area contributed by atoms with E-state index in [9.17, 15) is 0 Å². The Morgan fingerprint density at radius 3 is 2.37 bits per heavy atom. The van der Waals surface area contributed by atoms with Crippen molar-refractivity contribution in [3.8, 4) is 11.5 Å². The highest BCUT2D eigenvalue weighted by Gasteiger charge is 2.20. The molecule has 1 aliphatic rings. The van der Waals surface area contributed by atoms with Crippen LogP contribution in [-0.2, 0) is 12.8 Å². The number of fused-ring (bicyclic) bond motifs is 1. The first-order valence-corrected chi connectivity index (χ1v) is 6.75. The highest BCUT2D eigenvalue weighted by Crippen LogP contribution is 2.34. The molecule has 0 aliphatic heterocycles. The van der Waals surface area contributed by atoms with Crippen LogP contribution in [0.3, 0.4) is 0 Å². The zero-order valence-corrected chi connectivity index (χ0v) is 12.8. The standard InChI is InChI=1S/C15H23NO2.ClH/c1-4-7-16-13-6-5-11-9-14(17-2)15(18-3)10-12(11)8-13;/h9-10,13,16H,4-8H2,1-3H3;1H/t13-;/m1./s1. The average Bonchev–Trinajstić information content (AvgIpc) is 2.43. The number of halogens is 1. The molecule has 0 spiro atoms. The number of rotatable bonds is 5. The van der Waals surface area contributed by atoms with E-state index in [-0.39, 0.29) is 12.4 Å². The molecule has 0 unspecified atom stereocenters. The molecule has 0 saturated heterocycles. The summed E-state index contributed by atoms with van der Waals surface area (Å²) in [5, 5.41) is 3.61. The summed E-state index contributed by atoms with van der Waals surface area (Å²) >= 11 is 0. The largest absolute Gasteiger partial charge is 0.493 e. The first kappa shape index (κ1) is 16.1. The fourth-order valence-electron chi connectivity index (χ4n) is 2.61. The predicted molar refractivity (Wildman–Crippen MR) is 80.9 cm³/mol. The van der Waals surface area contributed by atoms with Gasteiger partial charge in [0.1, 0.15) is 0 Å². The molecule has 3 nitrogen and oxygen atoms in total. The number of methoxy groups -OCH3 is 2. The van der Waals surface area contributed by atoms with Gasteiger partial charge in [0.15, 0.2) is 11.5 Å². The van der Waals surface area contributed by atoms with E-state index in [1.807, 2.05) is 0 Å². The first-order valence-electron chi connectivity index (χ1n) is 6.75. The lowest BCUT2D eigenvalue weighted by molar-refractivity contribution is 0.352. The summed E-state index contributed by atoms with van der Waals surface area (Å²) in [6.45, 7) is 3.31. The first-order chi connectivity index (χ1) is 8.78. The number of hydrogen-bond donors (Lipinski definition) is 1.